The van der Waals surface area contributed by atoms with E-state index in [-0.39, 0.29) is 24.0 Å². The molecule has 1 amide bonds. The molecule has 0 N–H and O–H groups in total. The van der Waals surface area contributed by atoms with Crippen molar-refractivity contribution in [2.24, 2.45) is 0 Å². The van der Waals surface area contributed by atoms with E-state index in [0.29, 0.717) is 22.7 Å². The summed E-state index contributed by atoms with van der Waals surface area (Å²) in [5.41, 5.74) is 1.85. The summed E-state index contributed by atoms with van der Waals surface area (Å²) >= 11 is 12.3. The molecule has 0 fully saturated rings. The van der Waals surface area contributed by atoms with Crippen LogP contribution in [0.25, 0.3) is 0 Å². The van der Waals surface area contributed by atoms with E-state index in [1.54, 1.807) is 29.3 Å². The predicted octanol–water partition coefficient (Wildman–Crippen LogP) is 7.70. The summed E-state index contributed by atoms with van der Waals surface area (Å²) in [5.74, 6) is -0.276. The molecule has 1 aromatic heterocycles. The zero-order chi connectivity index (χ0) is 25.0. The number of amides is 1. The first-order valence-electron chi connectivity index (χ1n) is 10.8. The van der Waals surface area contributed by atoms with Gasteiger partial charge < -0.3 is 9.47 Å². The third kappa shape index (κ3) is 6.27. The maximum Gasteiger partial charge on any atom is 0.416 e. The second kappa shape index (κ2) is 10.6. The normalized spacial score (nSPS) is 11.5. The summed E-state index contributed by atoms with van der Waals surface area (Å²) in [7, 11) is 0. The van der Waals surface area contributed by atoms with Crippen LogP contribution in [0.3, 0.4) is 0 Å². The molecule has 0 saturated carbocycles. The summed E-state index contributed by atoms with van der Waals surface area (Å²) in [5, 5.41) is 0.677. The molecule has 0 unspecified atom stereocenters. The van der Waals surface area contributed by atoms with Crippen molar-refractivity contribution in [1.29, 1.82) is 0 Å². The first-order valence-corrected chi connectivity index (χ1v) is 11.5. The fourth-order valence-corrected chi connectivity index (χ4v) is 4.31. The maximum atomic E-state index is 13.5. The van der Waals surface area contributed by atoms with Gasteiger partial charge in [0.05, 0.1) is 22.7 Å². The highest BCUT2D eigenvalue weighted by Crippen LogP contribution is 2.30. The second-order valence-electron chi connectivity index (χ2n) is 8.10. The van der Waals surface area contributed by atoms with Crippen LogP contribution in [0.2, 0.25) is 10.0 Å². The van der Waals surface area contributed by atoms with Gasteiger partial charge in [-0.05, 0) is 53.6 Å². The minimum Gasteiger partial charge on any atom is -0.345 e. The molecule has 0 spiro atoms. The molecule has 4 aromatic rings. The Labute approximate surface area is 211 Å². The van der Waals surface area contributed by atoms with Gasteiger partial charge in [0, 0.05) is 30.0 Å². The van der Waals surface area contributed by atoms with Crippen molar-refractivity contribution in [3.8, 4) is 0 Å². The Balaban J connectivity index is 1.62. The third-order valence-corrected chi connectivity index (χ3v) is 6.10. The number of nitrogens with zero attached hydrogens (tertiary/aromatic N) is 2. The lowest BCUT2D eigenvalue weighted by molar-refractivity contribution is -0.137. The van der Waals surface area contributed by atoms with E-state index < -0.39 is 11.7 Å². The lowest BCUT2D eigenvalue weighted by Crippen LogP contribution is -2.31. The number of benzene rings is 3. The molecule has 180 valence electrons. The van der Waals surface area contributed by atoms with Crippen molar-refractivity contribution in [2.45, 2.75) is 25.8 Å². The average Bonchev–Trinajstić information content (AvgIpc) is 3.25. The molecule has 0 aliphatic carbocycles. The molecule has 0 saturated heterocycles. The number of carbonyl (C=O) groups excluding carboxylic acids is 1. The predicted molar refractivity (Wildman–Crippen MR) is 131 cm³/mol. The maximum absolute atomic E-state index is 13.5. The van der Waals surface area contributed by atoms with Crippen molar-refractivity contribution in [3.05, 3.63) is 129 Å². The third-order valence-electron chi connectivity index (χ3n) is 5.55. The number of hydrogen-bond acceptors (Lipinski definition) is 1. The van der Waals surface area contributed by atoms with Crippen molar-refractivity contribution >= 4 is 29.1 Å². The van der Waals surface area contributed by atoms with Gasteiger partial charge in [-0.25, -0.2) is 0 Å². The van der Waals surface area contributed by atoms with Crippen molar-refractivity contribution < 1.29 is 18.0 Å². The van der Waals surface area contributed by atoms with Gasteiger partial charge in [0.2, 0.25) is 0 Å². The molecule has 0 aliphatic heterocycles. The molecule has 3 aromatic carbocycles. The summed E-state index contributed by atoms with van der Waals surface area (Å²) in [4.78, 5) is 15.2. The number of carbonyl (C=O) groups is 1. The van der Waals surface area contributed by atoms with Crippen molar-refractivity contribution in [3.63, 3.8) is 0 Å². The Kier molecular flexibility index (Phi) is 7.53. The molecular weight excluding hydrogens is 496 g/mol. The van der Waals surface area contributed by atoms with E-state index in [1.165, 1.54) is 12.1 Å². The van der Waals surface area contributed by atoms with Gasteiger partial charge in [-0.1, -0.05) is 65.7 Å². The molecule has 0 aliphatic rings. The van der Waals surface area contributed by atoms with Crippen molar-refractivity contribution in [1.82, 2.24) is 9.47 Å². The highest BCUT2D eigenvalue weighted by Gasteiger charge is 2.30. The topological polar surface area (TPSA) is 25.2 Å². The summed E-state index contributed by atoms with van der Waals surface area (Å²) in [6.07, 6.45) is -2.62. The number of rotatable bonds is 7. The number of halogens is 5. The lowest BCUT2D eigenvalue weighted by Gasteiger charge is -2.24. The van der Waals surface area contributed by atoms with Crippen LogP contribution in [0.4, 0.5) is 13.2 Å². The molecule has 1 heterocycles. The number of hydrogen-bond donors (Lipinski definition) is 0. The molecule has 3 nitrogen and oxygen atoms in total. The zero-order valence-electron chi connectivity index (χ0n) is 18.5. The molecule has 35 heavy (non-hydrogen) atoms. The SMILES string of the molecule is O=C(c1ccc(Cl)cc1Cl)N(Cc1ccccc1)Cc1cccn1Cc1cccc(C(F)(F)F)c1. The van der Waals surface area contributed by atoms with Gasteiger partial charge in [-0.15, -0.1) is 0 Å². The molecule has 0 atom stereocenters. The zero-order valence-corrected chi connectivity index (χ0v) is 20.0. The molecular formula is C27H21Cl2F3N2O. The Morgan fingerprint density at radius 3 is 2.29 bits per heavy atom. The standard InChI is InChI=1S/C27H21Cl2F3N2O/c28-22-11-12-24(25(29)15-22)26(35)34(16-19-6-2-1-3-7-19)18-23-10-5-13-33(23)17-20-8-4-9-21(14-20)27(30,31)32/h1-15H,16-18H2. The molecule has 8 heteroatoms. The number of alkyl halides is 3. The van der Waals surface area contributed by atoms with Crippen LogP contribution < -0.4 is 0 Å². The Hall–Kier alpha value is -3.22. The monoisotopic (exact) mass is 516 g/mol. The highest BCUT2D eigenvalue weighted by atomic mass is 35.5. The quantitative estimate of drug-likeness (QED) is 0.247. The van der Waals surface area contributed by atoms with Gasteiger partial charge in [0.15, 0.2) is 0 Å². The van der Waals surface area contributed by atoms with E-state index in [4.69, 9.17) is 23.2 Å². The minimum atomic E-state index is -4.41. The van der Waals surface area contributed by atoms with Crippen LogP contribution in [0.1, 0.15) is 32.7 Å². The van der Waals surface area contributed by atoms with Crippen LogP contribution >= 0.6 is 23.2 Å². The van der Waals surface area contributed by atoms with E-state index in [0.717, 1.165) is 23.4 Å². The van der Waals surface area contributed by atoms with Crippen LogP contribution in [0, 0.1) is 0 Å². The summed E-state index contributed by atoms with van der Waals surface area (Å²) in [6.45, 7) is 0.799. The van der Waals surface area contributed by atoms with Crippen LogP contribution in [0.5, 0.6) is 0 Å². The van der Waals surface area contributed by atoms with Gasteiger partial charge in [-0.2, -0.15) is 13.2 Å². The highest BCUT2D eigenvalue weighted by molar-refractivity contribution is 6.36. The average molecular weight is 517 g/mol. The van der Waals surface area contributed by atoms with Crippen molar-refractivity contribution in [2.75, 3.05) is 0 Å². The van der Waals surface area contributed by atoms with Crippen LogP contribution in [-0.2, 0) is 25.8 Å². The molecule has 0 bridgehead atoms. The second-order valence-corrected chi connectivity index (χ2v) is 8.94. The van der Waals surface area contributed by atoms with E-state index in [1.807, 2.05) is 47.0 Å². The van der Waals surface area contributed by atoms with Gasteiger partial charge >= 0.3 is 6.18 Å². The Morgan fingerprint density at radius 1 is 0.829 bits per heavy atom. The van der Waals surface area contributed by atoms with Crippen LogP contribution in [0.15, 0.2) is 91.1 Å². The van der Waals surface area contributed by atoms with E-state index in [9.17, 15) is 18.0 Å². The van der Waals surface area contributed by atoms with E-state index in [2.05, 4.69) is 0 Å². The van der Waals surface area contributed by atoms with Gasteiger partial charge in [-0.3, -0.25) is 4.79 Å². The first kappa shape index (κ1) is 24.9. The fraction of sp³-hybridized carbons (Fsp3) is 0.148. The lowest BCUT2D eigenvalue weighted by atomic mass is 10.1. The summed E-state index contributed by atoms with van der Waals surface area (Å²) < 4.78 is 41.3. The Morgan fingerprint density at radius 2 is 1.57 bits per heavy atom. The molecule has 0 radical (unpaired) electrons. The fourth-order valence-electron chi connectivity index (χ4n) is 3.82. The first-order chi connectivity index (χ1) is 16.7. The largest absolute Gasteiger partial charge is 0.416 e. The van der Waals surface area contributed by atoms with Gasteiger partial charge in [0.25, 0.3) is 5.91 Å². The summed E-state index contributed by atoms with van der Waals surface area (Å²) in [6, 6.07) is 23.1. The van der Waals surface area contributed by atoms with Gasteiger partial charge in [0.1, 0.15) is 0 Å². The smallest absolute Gasteiger partial charge is 0.345 e. The van der Waals surface area contributed by atoms with Crippen LogP contribution in [-0.4, -0.2) is 15.4 Å². The Bertz CT molecular complexity index is 1320. The number of aromatic nitrogens is 1. The molecule has 4 rings (SSSR count). The minimum absolute atomic E-state index is 0.235. The van der Waals surface area contributed by atoms with E-state index >= 15 is 0 Å².